The Kier molecular flexibility index (Phi) is 9.69. The standard InChI is InChI=1S/C11H9N3S2.2C2H6/c1-7(15)10-9(5-12)14-11(16-10)8-3-2-4-13-6-8;2*1-2/h2-4,6-7,15H,1H3;2*1-2H3. The smallest absolute Gasteiger partial charge is 0.156 e. The molecule has 1 unspecified atom stereocenters. The molecule has 108 valence electrons. The van der Waals surface area contributed by atoms with Gasteiger partial charge in [0.15, 0.2) is 5.69 Å². The van der Waals surface area contributed by atoms with Crippen LogP contribution in [-0.4, -0.2) is 9.97 Å². The Balaban J connectivity index is 0.000000829. The second kappa shape index (κ2) is 10.4. The SMILES string of the molecule is CC.CC.CC(S)c1sc(-c2cccnc2)nc1C#N. The van der Waals surface area contributed by atoms with Crippen LogP contribution in [0.3, 0.4) is 0 Å². The molecule has 0 saturated heterocycles. The Bertz CT molecular complexity index is 528. The Morgan fingerprint density at radius 3 is 2.35 bits per heavy atom. The van der Waals surface area contributed by atoms with Crippen LogP contribution in [0.25, 0.3) is 10.6 Å². The van der Waals surface area contributed by atoms with Gasteiger partial charge in [-0.15, -0.1) is 11.3 Å². The lowest BCUT2D eigenvalue weighted by Crippen LogP contribution is -1.84. The van der Waals surface area contributed by atoms with Crippen LogP contribution in [0.5, 0.6) is 0 Å². The second-order valence-corrected chi connectivity index (χ2v) is 5.07. The number of thiazole rings is 1. The van der Waals surface area contributed by atoms with E-state index in [0.29, 0.717) is 5.69 Å². The number of nitrogens with zero attached hydrogens (tertiary/aromatic N) is 3. The topological polar surface area (TPSA) is 49.6 Å². The van der Waals surface area contributed by atoms with E-state index in [1.54, 1.807) is 12.4 Å². The third kappa shape index (κ3) is 4.95. The van der Waals surface area contributed by atoms with Gasteiger partial charge in [0.1, 0.15) is 11.1 Å². The molecule has 2 aromatic rings. The number of aromatic nitrogens is 2. The summed E-state index contributed by atoms with van der Waals surface area (Å²) < 4.78 is 0. The van der Waals surface area contributed by atoms with Crippen molar-refractivity contribution >= 4 is 24.0 Å². The van der Waals surface area contributed by atoms with Crippen molar-refractivity contribution in [2.75, 3.05) is 0 Å². The number of nitriles is 1. The van der Waals surface area contributed by atoms with Gasteiger partial charge in [-0.05, 0) is 19.1 Å². The summed E-state index contributed by atoms with van der Waals surface area (Å²) >= 11 is 5.84. The fourth-order valence-corrected chi connectivity index (χ4v) is 2.53. The highest BCUT2D eigenvalue weighted by Gasteiger charge is 2.15. The molecule has 0 amide bonds. The minimum atomic E-state index is 0.0255. The van der Waals surface area contributed by atoms with Crippen molar-refractivity contribution in [3.63, 3.8) is 0 Å². The summed E-state index contributed by atoms with van der Waals surface area (Å²) in [7, 11) is 0. The summed E-state index contributed by atoms with van der Waals surface area (Å²) in [6.07, 6.45) is 3.46. The zero-order chi connectivity index (χ0) is 15.5. The third-order valence-electron chi connectivity index (χ3n) is 2.05. The van der Waals surface area contributed by atoms with Crippen molar-refractivity contribution in [2.24, 2.45) is 0 Å². The van der Waals surface area contributed by atoms with Crippen molar-refractivity contribution in [2.45, 2.75) is 39.9 Å². The summed E-state index contributed by atoms with van der Waals surface area (Å²) in [6.45, 7) is 9.94. The lowest BCUT2D eigenvalue weighted by molar-refractivity contribution is 1.12. The molecule has 0 radical (unpaired) electrons. The van der Waals surface area contributed by atoms with Crippen molar-refractivity contribution in [1.82, 2.24) is 9.97 Å². The van der Waals surface area contributed by atoms with Gasteiger partial charge in [-0.25, -0.2) is 4.98 Å². The van der Waals surface area contributed by atoms with E-state index >= 15 is 0 Å². The average molecular weight is 307 g/mol. The Morgan fingerprint density at radius 1 is 1.30 bits per heavy atom. The van der Waals surface area contributed by atoms with E-state index in [1.807, 2.05) is 46.8 Å². The van der Waals surface area contributed by atoms with Crippen LogP contribution in [0.15, 0.2) is 24.5 Å². The molecule has 2 aromatic heterocycles. The zero-order valence-electron chi connectivity index (χ0n) is 12.6. The molecule has 0 spiro atoms. The van der Waals surface area contributed by atoms with E-state index in [9.17, 15) is 0 Å². The first kappa shape index (κ1) is 18.6. The molecule has 0 N–H and O–H groups in total. The first-order valence-corrected chi connectivity index (χ1v) is 8.05. The molecule has 0 saturated carbocycles. The third-order valence-corrected chi connectivity index (χ3v) is 3.77. The zero-order valence-corrected chi connectivity index (χ0v) is 14.3. The molecule has 2 heterocycles. The predicted octanol–water partition coefficient (Wildman–Crippen LogP) is 5.12. The molecule has 0 aliphatic carbocycles. The normalized spacial score (nSPS) is 10.2. The van der Waals surface area contributed by atoms with Gasteiger partial charge in [-0.3, -0.25) is 4.98 Å². The van der Waals surface area contributed by atoms with Crippen LogP contribution in [0.4, 0.5) is 0 Å². The lowest BCUT2D eigenvalue weighted by atomic mass is 10.3. The summed E-state index contributed by atoms with van der Waals surface area (Å²) in [5.74, 6) is 0. The molecule has 5 heteroatoms. The second-order valence-electron chi connectivity index (χ2n) is 3.26. The minimum absolute atomic E-state index is 0.0255. The van der Waals surface area contributed by atoms with E-state index in [0.717, 1.165) is 15.4 Å². The van der Waals surface area contributed by atoms with E-state index in [4.69, 9.17) is 5.26 Å². The quantitative estimate of drug-likeness (QED) is 0.783. The predicted molar refractivity (Wildman–Crippen MR) is 90.2 cm³/mol. The van der Waals surface area contributed by atoms with Gasteiger partial charge in [-0.2, -0.15) is 17.9 Å². The molecule has 2 rings (SSSR count). The Hall–Kier alpha value is -1.38. The molecular formula is C15H21N3S2. The van der Waals surface area contributed by atoms with Crippen molar-refractivity contribution < 1.29 is 0 Å². The molecule has 1 atom stereocenters. The van der Waals surface area contributed by atoms with Crippen LogP contribution in [0.2, 0.25) is 0 Å². The van der Waals surface area contributed by atoms with Crippen molar-refractivity contribution in [1.29, 1.82) is 5.26 Å². The maximum atomic E-state index is 8.97. The molecule has 0 aliphatic heterocycles. The number of pyridine rings is 1. The van der Waals surface area contributed by atoms with Gasteiger partial charge in [0.25, 0.3) is 0 Å². The van der Waals surface area contributed by atoms with E-state index in [1.165, 1.54) is 11.3 Å². The van der Waals surface area contributed by atoms with Gasteiger partial charge in [0.05, 0.1) is 4.88 Å². The molecule has 3 nitrogen and oxygen atoms in total. The molecule has 0 aliphatic rings. The molecule has 0 bridgehead atoms. The fourth-order valence-electron chi connectivity index (χ4n) is 1.31. The van der Waals surface area contributed by atoms with Crippen LogP contribution in [0.1, 0.15) is 50.4 Å². The molecule has 20 heavy (non-hydrogen) atoms. The average Bonchev–Trinajstić information content (AvgIpc) is 2.97. The number of hydrogen-bond donors (Lipinski definition) is 1. The summed E-state index contributed by atoms with van der Waals surface area (Å²) in [5, 5.41) is 9.82. The number of rotatable bonds is 2. The Morgan fingerprint density at radius 2 is 1.95 bits per heavy atom. The van der Waals surface area contributed by atoms with E-state index in [-0.39, 0.29) is 5.25 Å². The highest BCUT2D eigenvalue weighted by Crippen LogP contribution is 2.33. The summed E-state index contributed by atoms with van der Waals surface area (Å²) in [6, 6.07) is 5.88. The van der Waals surface area contributed by atoms with E-state index < -0.39 is 0 Å². The maximum Gasteiger partial charge on any atom is 0.156 e. The molecule has 0 fully saturated rings. The van der Waals surface area contributed by atoms with Crippen LogP contribution >= 0.6 is 24.0 Å². The monoisotopic (exact) mass is 307 g/mol. The first-order valence-electron chi connectivity index (χ1n) is 6.71. The molecule has 0 aromatic carbocycles. The number of thiol groups is 1. The van der Waals surface area contributed by atoms with Crippen molar-refractivity contribution in [3.05, 3.63) is 35.1 Å². The minimum Gasteiger partial charge on any atom is -0.264 e. The fraction of sp³-hybridized carbons (Fsp3) is 0.400. The van der Waals surface area contributed by atoms with Crippen LogP contribution in [-0.2, 0) is 0 Å². The lowest BCUT2D eigenvalue weighted by Gasteiger charge is -1.97. The summed E-state index contributed by atoms with van der Waals surface area (Å²) in [4.78, 5) is 9.23. The molecular weight excluding hydrogens is 286 g/mol. The highest BCUT2D eigenvalue weighted by molar-refractivity contribution is 7.80. The van der Waals surface area contributed by atoms with Gasteiger partial charge in [0, 0.05) is 23.2 Å². The first-order chi connectivity index (χ1) is 9.72. The maximum absolute atomic E-state index is 8.97. The van der Waals surface area contributed by atoms with Gasteiger partial charge in [0.2, 0.25) is 0 Å². The van der Waals surface area contributed by atoms with Crippen molar-refractivity contribution in [3.8, 4) is 16.6 Å². The van der Waals surface area contributed by atoms with Gasteiger partial charge in [-0.1, -0.05) is 27.7 Å². The van der Waals surface area contributed by atoms with Crippen LogP contribution in [0, 0.1) is 11.3 Å². The van der Waals surface area contributed by atoms with Gasteiger partial charge >= 0.3 is 0 Å². The van der Waals surface area contributed by atoms with Gasteiger partial charge < -0.3 is 0 Å². The summed E-state index contributed by atoms with van der Waals surface area (Å²) in [5.41, 5.74) is 1.40. The number of hydrogen-bond acceptors (Lipinski definition) is 5. The Labute approximate surface area is 131 Å². The highest BCUT2D eigenvalue weighted by atomic mass is 32.1. The van der Waals surface area contributed by atoms with Crippen LogP contribution < -0.4 is 0 Å². The largest absolute Gasteiger partial charge is 0.264 e. The van der Waals surface area contributed by atoms with E-state index in [2.05, 4.69) is 28.7 Å².